The summed E-state index contributed by atoms with van der Waals surface area (Å²) >= 11 is 0. The summed E-state index contributed by atoms with van der Waals surface area (Å²) in [4.78, 5) is 31.5. The van der Waals surface area contributed by atoms with Crippen molar-refractivity contribution in [3.63, 3.8) is 0 Å². The molecule has 0 saturated heterocycles. The smallest absolute Gasteiger partial charge is 0.332 e. The van der Waals surface area contributed by atoms with E-state index in [1.807, 2.05) is 30.5 Å². The van der Waals surface area contributed by atoms with Gasteiger partial charge in [0.15, 0.2) is 11.2 Å². The zero-order valence-electron chi connectivity index (χ0n) is 20.0. The number of aryl methyl sites for hydroxylation is 2. The molecule has 0 bridgehead atoms. The molecule has 3 heterocycles. The van der Waals surface area contributed by atoms with Crippen molar-refractivity contribution in [2.24, 2.45) is 7.05 Å². The first-order chi connectivity index (χ1) is 16.8. The molecule has 9 nitrogen and oxygen atoms in total. The van der Waals surface area contributed by atoms with Crippen LogP contribution in [0.15, 0.2) is 52.1 Å². The van der Waals surface area contributed by atoms with Gasteiger partial charge < -0.3 is 9.47 Å². The van der Waals surface area contributed by atoms with Crippen LogP contribution in [0, 0.1) is 19.7 Å². The van der Waals surface area contributed by atoms with Crippen molar-refractivity contribution in [3.05, 3.63) is 86.1 Å². The Hall–Kier alpha value is -4.34. The number of ether oxygens (including phenoxy) is 2. The Bertz CT molecular complexity index is 1720. The Labute approximate surface area is 199 Å². The quantitative estimate of drug-likeness (QED) is 0.389. The van der Waals surface area contributed by atoms with Gasteiger partial charge in [0.2, 0.25) is 5.78 Å². The topological polar surface area (TPSA) is 84.7 Å². The minimum absolute atomic E-state index is 0.0139. The molecule has 5 rings (SSSR count). The normalized spacial score (nSPS) is 11.5. The third kappa shape index (κ3) is 3.32. The van der Waals surface area contributed by atoms with E-state index >= 15 is 0 Å². The van der Waals surface area contributed by atoms with Crippen molar-refractivity contribution >= 4 is 16.9 Å². The molecule has 5 aromatic rings. The lowest BCUT2D eigenvalue weighted by Crippen LogP contribution is -2.39. The lowest BCUT2D eigenvalue weighted by molar-refractivity contribution is 0.393. The summed E-state index contributed by atoms with van der Waals surface area (Å²) in [7, 11) is 4.73. The summed E-state index contributed by atoms with van der Waals surface area (Å²) in [6.45, 7) is 3.84. The molecule has 0 unspecified atom stereocenters. The molecule has 0 radical (unpaired) electrons. The van der Waals surface area contributed by atoms with Crippen LogP contribution in [0.5, 0.6) is 11.5 Å². The van der Waals surface area contributed by atoms with Crippen molar-refractivity contribution in [1.82, 2.24) is 23.1 Å². The van der Waals surface area contributed by atoms with Gasteiger partial charge >= 0.3 is 5.69 Å². The highest BCUT2D eigenvalue weighted by Crippen LogP contribution is 2.32. The lowest BCUT2D eigenvalue weighted by Gasteiger charge is -2.13. The van der Waals surface area contributed by atoms with Crippen LogP contribution >= 0.6 is 0 Å². The maximum Gasteiger partial charge on any atom is 0.332 e. The van der Waals surface area contributed by atoms with Gasteiger partial charge in [0.1, 0.15) is 17.3 Å². The predicted molar refractivity (Wildman–Crippen MR) is 130 cm³/mol. The average molecular weight is 477 g/mol. The van der Waals surface area contributed by atoms with E-state index in [-0.39, 0.29) is 23.5 Å². The highest BCUT2D eigenvalue weighted by molar-refractivity contribution is 5.77. The summed E-state index contributed by atoms with van der Waals surface area (Å²) < 4.78 is 30.4. The van der Waals surface area contributed by atoms with Gasteiger partial charge in [-0.05, 0) is 43.7 Å². The number of halogens is 1. The van der Waals surface area contributed by atoms with Crippen molar-refractivity contribution < 1.29 is 13.9 Å². The molecular formula is C25H24FN5O4. The lowest BCUT2D eigenvalue weighted by atomic mass is 10.2. The number of rotatable bonds is 5. The number of methoxy groups -OCH3 is 2. The van der Waals surface area contributed by atoms with Gasteiger partial charge in [0.05, 0.1) is 26.5 Å². The fourth-order valence-corrected chi connectivity index (χ4v) is 4.42. The van der Waals surface area contributed by atoms with Crippen LogP contribution in [0.2, 0.25) is 0 Å². The van der Waals surface area contributed by atoms with Crippen molar-refractivity contribution in [2.75, 3.05) is 14.2 Å². The average Bonchev–Trinajstić information content (AvgIpc) is 3.36. The van der Waals surface area contributed by atoms with E-state index in [0.29, 0.717) is 22.8 Å². The van der Waals surface area contributed by atoms with Gasteiger partial charge in [-0.2, -0.15) is 4.98 Å². The number of imidazole rings is 2. The van der Waals surface area contributed by atoms with E-state index in [4.69, 9.17) is 14.5 Å². The molecule has 0 atom stereocenters. The standard InChI is InChI=1S/C25H24FN5O4/c1-14-15(2)31-21-22(27-24(31)30(14)19-11-10-18(34-4)12-20(19)35-5)28(3)25(33)29(23(21)32)13-16-6-8-17(26)9-7-16/h6-12H,13H2,1-5H3. The summed E-state index contributed by atoms with van der Waals surface area (Å²) in [6, 6.07) is 11.2. The Morgan fingerprint density at radius 1 is 0.971 bits per heavy atom. The highest BCUT2D eigenvalue weighted by Gasteiger charge is 2.24. The van der Waals surface area contributed by atoms with Gasteiger partial charge in [-0.3, -0.25) is 22.9 Å². The van der Waals surface area contributed by atoms with E-state index < -0.39 is 11.2 Å². The van der Waals surface area contributed by atoms with Gasteiger partial charge in [-0.15, -0.1) is 0 Å². The van der Waals surface area contributed by atoms with E-state index in [1.54, 1.807) is 43.9 Å². The summed E-state index contributed by atoms with van der Waals surface area (Å²) in [5, 5.41) is 0. The molecule has 0 aliphatic heterocycles. The van der Waals surface area contributed by atoms with E-state index in [9.17, 15) is 14.0 Å². The van der Waals surface area contributed by atoms with E-state index in [1.165, 1.54) is 16.7 Å². The van der Waals surface area contributed by atoms with Gasteiger partial charge in [0.25, 0.3) is 5.56 Å². The number of hydrogen-bond acceptors (Lipinski definition) is 5. The minimum atomic E-state index is -0.504. The minimum Gasteiger partial charge on any atom is -0.497 e. The molecule has 35 heavy (non-hydrogen) atoms. The molecule has 180 valence electrons. The SMILES string of the molecule is COc1ccc(-n2c(C)c(C)n3c4c(=O)n(Cc5ccc(F)cc5)c(=O)n(C)c4nc23)c(OC)c1. The number of fused-ring (bicyclic) bond motifs is 3. The third-order valence-corrected chi connectivity index (χ3v) is 6.40. The number of nitrogens with zero attached hydrogens (tertiary/aromatic N) is 5. The molecule has 3 aromatic heterocycles. The second-order valence-corrected chi connectivity index (χ2v) is 8.32. The van der Waals surface area contributed by atoms with Crippen LogP contribution in [-0.2, 0) is 13.6 Å². The number of hydrogen-bond donors (Lipinski definition) is 0. The van der Waals surface area contributed by atoms with Crippen LogP contribution in [0.3, 0.4) is 0 Å². The largest absolute Gasteiger partial charge is 0.497 e. The zero-order chi connectivity index (χ0) is 25.0. The van der Waals surface area contributed by atoms with Crippen LogP contribution in [0.1, 0.15) is 17.0 Å². The first kappa shape index (κ1) is 22.5. The fraction of sp³-hybridized carbons (Fsp3) is 0.240. The second kappa shape index (κ2) is 8.15. The van der Waals surface area contributed by atoms with Crippen molar-refractivity contribution in [1.29, 1.82) is 0 Å². The Morgan fingerprint density at radius 2 is 1.69 bits per heavy atom. The predicted octanol–water partition coefficient (Wildman–Crippen LogP) is 2.96. The first-order valence-corrected chi connectivity index (χ1v) is 10.9. The molecule has 0 aliphatic rings. The second-order valence-electron chi connectivity index (χ2n) is 8.32. The number of benzene rings is 2. The van der Waals surface area contributed by atoms with Crippen LogP contribution in [-0.4, -0.2) is 37.3 Å². The number of aromatic nitrogens is 5. The van der Waals surface area contributed by atoms with Gasteiger partial charge in [-0.1, -0.05) is 12.1 Å². The van der Waals surface area contributed by atoms with Crippen LogP contribution < -0.4 is 20.7 Å². The van der Waals surface area contributed by atoms with Gasteiger partial charge in [-0.25, -0.2) is 9.18 Å². The Morgan fingerprint density at radius 3 is 2.34 bits per heavy atom. The molecule has 0 fully saturated rings. The van der Waals surface area contributed by atoms with Crippen molar-refractivity contribution in [2.45, 2.75) is 20.4 Å². The molecule has 0 saturated carbocycles. The highest BCUT2D eigenvalue weighted by atomic mass is 19.1. The summed E-state index contributed by atoms with van der Waals surface area (Å²) in [5.41, 5.74) is 2.60. The van der Waals surface area contributed by atoms with Gasteiger partial charge in [0, 0.05) is 24.5 Å². The zero-order valence-corrected chi connectivity index (χ0v) is 20.0. The Kier molecular flexibility index (Phi) is 5.23. The fourth-order valence-electron chi connectivity index (χ4n) is 4.42. The molecule has 0 spiro atoms. The maximum absolute atomic E-state index is 13.6. The summed E-state index contributed by atoms with van der Waals surface area (Å²) in [5.74, 6) is 1.30. The molecule has 0 aliphatic carbocycles. The van der Waals surface area contributed by atoms with E-state index in [0.717, 1.165) is 21.6 Å². The summed E-state index contributed by atoms with van der Waals surface area (Å²) in [6.07, 6.45) is 0. The molecular weight excluding hydrogens is 453 g/mol. The third-order valence-electron chi connectivity index (χ3n) is 6.40. The van der Waals surface area contributed by atoms with Crippen LogP contribution in [0.25, 0.3) is 22.6 Å². The molecule has 10 heteroatoms. The first-order valence-electron chi connectivity index (χ1n) is 10.9. The molecule has 0 amide bonds. The van der Waals surface area contributed by atoms with E-state index in [2.05, 4.69) is 0 Å². The Balaban J connectivity index is 1.82. The maximum atomic E-state index is 13.6. The molecule has 2 aromatic carbocycles. The van der Waals surface area contributed by atoms with Crippen LogP contribution in [0.4, 0.5) is 4.39 Å². The van der Waals surface area contributed by atoms with Crippen molar-refractivity contribution in [3.8, 4) is 17.2 Å². The monoisotopic (exact) mass is 477 g/mol. The molecule has 0 N–H and O–H groups in total.